The molecule has 2 fully saturated rings. The molecule has 2 aliphatic rings. The maximum atomic E-state index is 4.04. The van der Waals surface area contributed by atoms with E-state index in [-0.39, 0.29) is 5.54 Å². The van der Waals surface area contributed by atoms with Crippen molar-refractivity contribution in [1.29, 1.82) is 0 Å². The summed E-state index contributed by atoms with van der Waals surface area (Å²) in [4.78, 5) is 0. The molecule has 3 rings (SSSR count). The van der Waals surface area contributed by atoms with E-state index in [1.807, 2.05) is 0 Å². The summed E-state index contributed by atoms with van der Waals surface area (Å²) < 4.78 is 0. The van der Waals surface area contributed by atoms with Gasteiger partial charge in [0.1, 0.15) is 0 Å². The standard InChI is InChI=1S/C17H25N/c1-14-9-10-16(13-14)18-17(11-5-6-12-17)15-7-3-2-4-8-15/h2-4,7-8,14,16,18H,5-6,9-13H2,1H3. The summed E-state index contributed by atoms with van der Waals surface area (Å²) >= 11 is 0. The molecule has 1 N–H and O–H groups in total. The minimum absolute atomic E-state index is 0.288. The fraction of sp³-hybridized carbons (Fsp3) is 0.647. The molecule has 0 bridgehead atoms. The summed E-state index contributed by atoms with van der Waals surface area (Å²) in [6.07, 6.45) is 9.55. The molecule has 1 aromatic rings. The van der Waals surface area contributed by atoms with Gasteiger partial charge in [0.2, 0.25) is 0 Å². The van der Waals surface area contributed by atoms with Gasteiger partial charge in [-0.1, -0.05) is 50.1 Å². The van der Waals surface area contributed by atoms with Crippen LogP contribution in [0.5, 0.6) is 0 Å². The topological polar surface area (TPSA) is 12.0 Å². The van der Waals surface area contributed by atoms with Gasteiger partial charge in [-0.3, -0.25) is 0 Å². The maximum Gasteiger partial charge on any atom is 0.0436 e. The second kappa shape index (κ2) is 5.05. The first-order chi connectivity index (χ1) is 8.78. The van der Waals surface area contributed by atoms with Crippen LogP contribution in [0.25, 0.3) is 0 Å². The second-order valence-electron chi connectivity index (χ2n) is 6.41. The highest BCUT2D eigenvalue weighted by Crippen LogP contribution is 2.40. The predicted molar refractivity (Wildman–Crippen MR) is 76.5 cm³/mol. The molecule has 2 saturated carbocycles. The molecule has 0 spiro atoms. The summed E-state index contributed by atoms with van der Waals surface area (Å²) in [7, 11) is 0. The van der Waals surface area contributed by atoms with Gasteiger partial charge in [0, 0.05) is 11.6 Å². The Balaban J connectivity index is 1.79. The van der Waals surface area contributed by atoms with Crippen LogP contribution in [0.2, 0.25) is 0 Å². The van der Waals surface area contributed by atoms with Crippen LogP contribution in [-0.4, -0.2) is 6.04 Å². The van der Waals surface area contributed by atoms with Gasteiger partial charge in [-0.15, -0.1) is 0 Å². The highest BCUT2D eigenvalue weighted by molar-refractivity contribution is 5.26. The van der Waals surface area contributed by atoms with Gasteiger partial charge < -0.3 is 5.32 Å². The molecular formula is C17H25N. The third-order valence-corrected chi connectivity index (χ3v) is 4.96. The van der Waals surface area contributed by atoms with Crippen LogP contribution in [0.3, 0.4) is 0 Å². The highest BCUT2D eigenvalue weighted by atomic mass is 15.0. The van der Waals surface area contributed by atoms with Crippen LogP contribution in [0.4, 0.5) is 0 Å². The molecule has 0 heterocycles. The lowest BCUT2D eigenvalue weighted by Crippen LogP contribution is -2.45. The fourth-order valence-electron chi connectivity index (χ4n) is 3.98. The molecule has 0 aromatic heterocycles. The lowest BCUT2D eigenvalue weighted by Gasteiger charge is -2.34. The smallest absolute Gasteiger partial charge is 0.0436 e. The highest BCUT2D eigenvalue weighted by Gasteiger charge is 2.38. The van der Waals surface area contributed by atoms with Crippen molar-refractivity contribution in [3.8, 4) is 0 Å². The van der Waals surface area contributed by atoms with Gasteiger partial charge in [-0.25, -0.2) is 0 Å². The van der Waals surface area contributed by atoms with Crippen molar-refractivity contribution in [2.75, 3.05) is 0 Å². The minimum atomic E-state index is 0.288. The molecule has 0 amide bonds. The molecule has 1 heteroatoms. The Morgan fingerprint density at radius 2 is 1.78 bits per heavy atom. The summed E-state index contributed by atoms with van der Waals surface area (Å²) in [6, 6.07) is 11.9. The van der Waals surface area contributed by atoms with E-state index in [1.54, 1.807) is 0 Å². The minimum Gasteiger partial charge on any atom is -0.305 e. The molecule has 18 heavy (non-hydrogen) atoms. The molecule has 2 aliphatic carbocycles. The Morgan fingerprint density at radius 3 is 2.39 bits per heavy atom. The zero-order valence-electron chi connectivity index (χ0n) is 11.5. The average molecular weight is 243 g/mol. The lowest BCUT2D eigenvalue weighted by atomic mass is 9.87. The van der Waals surface area contributed by atoms with E-state index in [0.717, 1.165) is 12.0 Å². The molecular weight excluding hydrogens is 218 g/mol. The Hall–Kier alpha value is -0.820. The largest absolute Gasteiger partial charge is 0.305 e. The predicted octanol–water partition coefficient (Wildman–Crippen LogP) is 4.23. The molecule has 98 valence electrons. The summed E-state index contributed by atoms with van der Waals surface area (Å²) in [5.74, 6) is 0.914. The van der Waals surface area contributed by atoms with Gasteiger partial charge in [0.25, 0.3) is 0 Å². The Morgan fingerprint density at radius 1 is 1.06 bits per heavy atom. The second-order valence-corrected chi connectivity index (χ2v) is 6.41. The average Bonchev–Trinajstić information content (AvgIpc) is 3.01. The first-order valence-corrected chi connectivity index (χ1v) is 7.62. The van der Waals surface area contributed by atoms with Gasteiger partial charge in [0.15, 0.2) is 0 Å². The molecule has 0 aliphatic heterocycles. The van der Waals surface area contributed by atoms with Crippen molar-refractivity contribution in [3.63, 3.8) is 0 Å². The van der Waals surface area contributed by atoms with Gasteiger partial charge in [-0.2, -0.15) is 0 Å². The van der Waals surface area contributed by atoms with Crippen molar-refractivity contribution in [1.82, 2.24) is 5.32 Å². The maximum absolute atomic E-state index is 4.04. The van der Waals surface area contributed by atoms with Crippen LogP contribution in [0.1, 0.15) is 57.4 Å². The first-order valence-electron chi connectivity index (χ1n) is 7.62. The molecule has 0 saturated heterocycles. The third-order valence-electron chi connectivity index (χ3n) is 4.96. The van der Waals surface area contributed by atoms with E-state index in [1.165, 1.54) is 50.5 Å². The van der Waals surface area contributed by atoms with E-state index in [0.29, 0.717) is 0 Å². The quantitative estimate of drug-likeness (QED) is 0.837. The number of nitrogens with one attached hydrogen (secondary N) is 1. The van der Waals surface area contributed by atoms with Gasteiger partial charge in [-0.05, 0) is 43.6 Å². The van der Waals surface area contributed by atoms with Crippen LogP contribution < -0.4 is 5.32 Å². The van der Waals surface area contributed by atoms with Crippen molar-refractivity contribution in [2.45, 2.75) is 63.5 Å². The number of rotatable bonds is 3. The van der Waals surface area contributed by atoms with Crippen LogP contribution >= 0.6 is 0 Å². The van der Waals surface area contributed by atoms with Crippen molar-refractivity contribution < 1.29 is 0 Å². The van der Waals surface area contributed by atoms with Crippen molar-refractivity contribution in [2.24, 2.45) is 5.92 Å². The molecule has 0 radical (unpaired) electrons. The lowest BCUT2D eigenvalue weighted by molar-refractivity contribution is 0.292. The summed E-state index contributed by atoms with van der Waals surface area (Å²) in [5.41, 5.74) is 1.80. The normalized spacial score (nSPS) is 30.7. The zero-order chi connectivity index (χ0) is 12.4. The number of hydrogen-bond acceptors (Lipinski definition) is 1. The molecule has 2 unspecified atom stereocenters. The van der Waals surface area contributed by atoms with Crippen LogP contribution in [0.15, 0.2) is 30.3 Å². The van der Waals surface area contributed by atoms with Crippen molar-refractivity contribution >= 4 is 0 Å². The van der Waals surface area contributed by atoms with Gasteiger partial charge in [0.05, 0.1) is 0 Å². The Labute approximate surface area is 111 Å². The number of benzene rings is 1. The first kappa shape index (κ1) is 12.2. The Kier molecular flexibility index (Phi) is 3.43. The number of hydrogen-bond donors (Lipinski definition) is 1. The Bertz CT molecular complexity index is 378. The zero-order valence-corrected chi connectivity index (χ0v) is 11.5. The molecule has 2 atom stereocenters. The third kappa shape index (κ3) is 2.33. The van der Waals surface area contributed by atoms with Crippen LogP contribution in [0, 0.1) is 5.92 Å². The van der Waals surface area contributed by atoms with E-state index in [4.69, 9.17) is 0 Å². The summed E-state index contributed by atoms with van der Waals surface area (Å²) in [5, 5.41) is 4.04. The SMILES string of the molecule is CC1CCC(NC2(c3ccccc3)CCCC2)C1. The van der Waals surface area contributed by atoms with Crippen molar-refractivity contribution in [3.05, 3.63) is 35.9 Å². The fourth-order valence-corrected chi connectivity index (χ4v) is 3.98. The molecule has 1 aromatic carbocycles. The van der Waals surface area contributed by atoms with Crippen LogP contribution in [-0.2, 0) is 5.54 Å². The van der Waals surface area contributed by atoms with E-state index >= 15 is 0 Å². The van der Waals surface area contributed by atoms with Gasteiger partial charge >= 0.3 is 0 Å². The van der Waals surface area contributed by atoms with E-state index < -0.39 is 0 Å². The summed E-state index contributed by atoms with van der Waals surface area (Å²) in [6.45, 7) is 2.39. The van der Waals surface area contributed by atoms with E-state index in [9.17, 15) is 0 Å². The molecule has 1 nitrogen and oxygen atoms in total. The monoisotopic (exact) mass is 243 g/mol. The van der Waals surface area contributed by atoms with E-state index in [2.05, 4.69) is 42.6 Å².